The van der Waals surface area contributed by atoms with Crippen LogP contribution in [0.4, 0.5) is 11.4 Å². The molecule has 0 saturated carbocycles. The van der Waals surface area contributed by atoms with Gasteiger partial charge in [0.15, 0.2) is 0 Å². The summed E-state index contributed by atoms with van der Waals surface area (Å²) in [5, 5.41) is 5.18. The van der Waals surface area contributed by atoms with E-state index in [-0.39, 0.29) is 5.91 Å². The van der Waals surface area contributed by atoms with E-state index in [1.165, 1.54) is 16.1 Å². The lowest BCUT2D eigenvalue weighted by molar-refractivity contribution is 0.102. The van der Waals surface area contributed by atoms with Crippen molar-refractivity contribution in [3.63, 3.8) is 0 Å². The van der Waals surface area contributed by atoms with E-state index in [2.05, 4.69) is 58.3 Å². The molecule has 27 heavy (non-hydrogen) atoms. The van der Waals surface area contributed by atoms with E-state index in [1.54, 1.807) is 11.3 Å². The third-order valence-corrected chi connectivity index (χ3v) is 6.29. The van der Waals surface area contributed by atoms with Gasteiger partial charge in [0.05, 0.1) is 12.1 Å². The van der Waals surface area contributed by atoms with Crippen molar-refractivity contribution in [1.82, 2.24) is 4.57 Å². The number of likely N-dealkylation sites (N-methyl/N-ethyl adjacent to an activating group) is 1. The predicted octanol–water partition coefficient (Wildman–Crippen LogP) is 4.85. The summed E-state index contributed by atoms with van der Waals surface area (Å²) in [6.07, 6.45) is 1.08. The van der Waals surface area contributed by atoms with Crippen LogP contribution in [0.3, 0.4) is 0 Å². The van der Waals surface area contributed by atoms with Crippen LogP contribution in [0, 0.1) is 13.8 Å². The van der Waals surface area contributed by atoms with Crippen molar-refractivity contribution in [2.75, 3.05) is 23.3 Å². The van der Waals surface area contributed by atoms with Gasteiger partial charge in [0.25, 0.3) is 5.91 Å². The largest absolute Gasteiger partial charge is 0.371 e. The Balaban J connectivity index is 1.56. The van der Waals surface area contributed by atoms with Gasteiger partial charge in [0, 0.05) is 40.7 Å². The first-order valence-electron chi connectivity index (χ1n) is 9.45. The number of rotatable bonds is 5. The molecule has 1 aliphatic rings. The molecule has 140 valence electrons. The highest BCUT2D eigenvalue weighted by atomic mass is 32.1. The van der Waals surface area contributed by atoms with Crippen LogP contribution in [0.5, 0.6) is 0 Å². The fourth-order valence-electron chi connectivity index (χ4n) is 3.88. The van der Waals surface area contributed by atoms with Crippen molar-refractivity contribution < 1.29 is 4.79 Å². The van der Waals surface area contributed by atoms with Gasteiger partial charge < -0.3 is 14.8 Å². The number of nitrogens with zero attached hydrogens (tertiary/aromatic N) is 2. The minimum absolute atomic E-state index is 0.0403. The second kappa shape index (κ2) is 7.24. The number of aryl methyl sites for hydroxylation is 1. The Labute approximate surface area is 164 Å². The zero-order valence-electron chi connectivity index (χ0n) is 16.1. The third-order valence-electron chi connectivity index (χ3n) is 5.43. The number of fused-ring (bicyclic) bond motifs is 1. The van der Waals surface area contributed by atoms with E-state index in [0.29, 0.717) is 0 Å². The fourth-order valence-corrected chi connectivity index (χ4v) is 4.58. The third kappa shape index (κ3) is 3.39. The first-order valence-corrected chi connectivity index (χ1v) is 10.3. The van der Waals surface area contributed by atoms with E-state index in [9.17, 15) is 4.79 Å². The van der Waals surface area contributed by atoms with Crippen molar-refractivity contribution in [2.45, 2.75) is 33.7 Å². The predicted molar refractivity (Wildman–Crippen MR) is 113 cm³/mol. The summed E-state index contributed by atoms with van der Waals surface area (Å²) < 4.78 is 2.21. The number of carbonyl (C=O) groups is 1. The maximum Gasteiger partial charge on any atom is 0.257 e. The molecule has 5 heteroatoms. The van der Waals surface area contributed by atoms with Gasteiger partial charge in [-0.25, -0.2) is 0 Å². The monoisotopic (exact) mass is 379 g/mol. The smallest absolute Gasteiger partial charge is 0.257 e. The Bertz CT molecular complexity index is 972. The number of hydrogen-bond donors (Lipinski definition) is 1. The molecule has 1 N–H and O–H groups in total. The van der Waals surface area contributed by atoms with E-state index in [0.717, 1.165) is 48.7 Å². The van der Waals surface area contributed by atoms with Crippen LogP contribution in [-0.2, 0) is 13.0 Å². The van der Waals surface area contributed by atoms with Gasteiger partial charge in [-0.2, -0.15) is 0 Å². The Hall–Kier alpha value is -2.53. The molecular weight excluding hydrogens is 354 g/mol. The van der Waals surface area contributed by atoms with Gasteiger partial charge in [-0.15, -0.1) is 11.3 Å². The molecule has 2 aromatic heterocycles. The summed E-state index contributed by atoms with van der Waals surface area (Å²) in [4.78, 5) is 16.6. The standard InChI is InChI=1S/C22H25N3OS/c1-4-24-10-9-17-7-8-18(13-21(17)24)23-22(26)20-12-15(2)25(16(20)3)14-19-6-5-11-27-19/h5-8,11-13H,4,9-10,14H2,1-3H3,(H,23,26). The number of aromatic nitrogens is 1. The van der Waals surface area contributed by atoms with Gasteiger partial charge in [0.2, 0.25) is 0 Å². The molecule has 0 radical (unpaired) electrons. The topological polar surface area (TPSA) is 37.3 Å². The molecule has 4 rings (SSSR count). The highest BCUT2D eigenvalue weighted by molar-refractivity contribution is 7.09. The Morgan fingerprint density at radius 3 is 2.81 bits per heavy atom. The first-order chi connectivity index (χ1) is 13.1. The Kier molecular flexibility index (Phi) is 4.79. The van der Waals surface area contributed by atoms with Gasteiger partial charge in [-0.1, -0.05) is 12.1 Å². The van der Waals surface area contributed by atoms with Gasteiger partial charge in [0.1, 0.15) is 0 Å². The van der Waals surface area contributed by atoms with Crippen molar-refractivity contribution in [3.05, 3.63) is 69.2 Å². The fraction of sp³-hybridized carbons (Fsp3) is 0.318. The normalized spacial score (nSPS) is 13.1. The molecule has 0 unspecified atom stereocenters. The zero-order valence-corrected chi connectivity index (χ0v) is 16.9. The zero-order chi connectivity index (χ0) is 19.0. The summed E-state index contributed by atoms with van der Waals surface area (Å²) in [5.41, 5.74) is 6.34. The number of benzene rings is 1. The average Bonchev–Trinajstić information content (AvgIpc) is 3.37. The SMILES string of the molecule is CCN1CCc2ccc(NC(=O)c3cc(C)n(Cc4cccs4)c3C)cc21. The first kappa shape index (κ1) is 17.9. The van der Waals surface area contributed by atoms with E-state index in [4.69, 9.17) is 0 Å². The highest BCUT2D eigenvalue weighted by Gasteiger charge is 2.20. The van der Waals surface area contributed by atoms with E-state index >= 15 is 0 Å². The van der Waals surface area contributed by atoms with Gasteiger partial charge in [-0.05, 0) is 62.4 Å². The lowest BCUT2D eigenvalue weighted by atomic mass is 10.1. The molecule has 0 spiro atoms. The highest BCUT2D eigenvalue weighted by Crippen LogP contribution is 2.31. The summed E-state index contributed by atoms with van der Waals surface area (Å²) in [5.74, 6) is -0.0403. The molecular formula is C22H25N3OS. The maximum absolute atomic E-state index is 12.9. The molecule has 1 amide bonds. The van der Waals surface area contributed by atoms with Crippen LogP contribution in [0.25, 0.3) is 0 Å². The lowest BCUT2D eigenvalue weighted by Crippen LogP contribution is -2.19. The van der Waals surface area contributed by atoms with Crippen LogP contribution in [0.2, 0.25) is 0 Å². The summed E-state index contributed by atoms with van der Waals surface area (Å²) in [6, 6.07) is 12.4. The molecule has 0 aliphatic carbocycles. The maximum atomic E-state index is 12.9. The van der Waals surface area contributed by atoms with E-state index < -0.39 is 0 Å². The minimum Gasteiger partial charge on any atom is -0.371 e. The summed E-state index contributed by atoms with van der Waals surface area (Å²) in [7, 11) is 0. The second-order valence-corrected chi connectivity index (χ2v) is 8.11. The number of amides is 1. The molecule has 0 saturated heterocycles. The Morgan fingerprint density at radius 1 is 1.22 bits per heavy atom. The second-order valence-electron chi connectivity index (χ2n) is 7.08. The summed E-state index contributed by atoms with van der Waals surface area (Å²) in [6.45, 7) is 9.13. The lowest BCUT2D eigenvalue weighted by Gasteiger charge is -2.17. The number of carbonyl (C=O) groups excluding carboxylic acids is 1. The van der Waals surface area contributed by atoms with Crippen molar-refractivity contribution in [3.8, 4) is 0 Å². The van der Waals surface area contributed by atoms with Crippen LogP contribution >= 0.6 is 11.3 Å². The molecule has 0 atom stereocenters. The quantitative estimate of drug-likeness (QED) is 0.688. The minimum atomic E-state index is -0.0403. The molecule has 1 aromatic carbocycles. The molecule has 4 nitrogen and oxygen atoms in total. The molecule has 3 aromatic rings. The number of thiophene rings is 1. The van der Waals surface area contributed by atoms with E-state index in [1.807, 2.05) is 19.1 Å². The van der Waals surface area contributed by atoms with Gasteiger partial charge >= 0.3 is 0 Å². The Morgan fingerprint density at radius 2 is 2.07 bits per heavy atom. The van der Waals surface area contributed by atoms with Crippen LogP contribution in [0.15, 0.2) is 41.8 Å². The van der Waals surface area contributed by atoms with Crippen molar-refractivity contribution >= 4 is 28.6 Å². The number of anilines is 2. The summed E-state index contributed by atoms with van der Waals surface area (Å²) >= 11 is 1.74. The molecule has 0 fully saturated rings. The van der Waals surface area contributed by atoms with Gasteiger partial charge in [-0.3, -0.25) is 4.79 Å². The van der Waals surface area contributed by atoms with Crippen LogP contribution < -0.4 is 10.2 Å². The molecule has 3 heterocycles. The van der Waals surface area contributed by atoms with Crippen molar-refractivity contribution in [1.29, 1.82) is 0 Å². The van der Waals surface area contributed by atoms with Crippen molar-refractivity contribution in [2.24, 2.45) is 0 Å². The van der Waals surface area contributed by atoms with Crippen LogP contribution in [-0.4, -0.2) is 23.6 Å². The molecule has 1 aliphatic heterocycles. The number of hydrogen-bond acceptors (Lipinski definition) is 3. The molecule has 0 bridgehead atoms. The average molecular weight is 380 g/mol. The number of nitrogens with one attached hydrogen (secondary N) is 1. The van der Waals surface area contributed by atoms with Crippen LogP contribution in [0.1, 0.15) is 39.1 Å².